The first kappa shape index (κ1) is 19.2. The maximum Gasteiger partial charge on any atom is 0.306 e. The van der Waals surface area contributed by atoms with Gasteiger partial charge in [0.05, 0.1) is 6.54 Å². The second-order valence-corrected chi connectivity index (χ2v) is 6.21. The zero-order valence-electron chi connectivity index (χ0n) is 14.9. The van der Waals surface area contributed by atoms with Crippen molar-refractivity contribution >= 4 is 11.9 Å². The topological polar surface area (TPSA) is 62.7 Å². The lowest BCUT2D eigenvalue weighted by Gasteiger charge is -2.13. The molecular weight excluding hydrogens is 321 g/mol. The molecule has 1 aliphatic rings. The Kier molecular flexibility index (Phi) is 8.22. The first-order valence-electron chi connectivity index (χ1n) is 9.14. The number of esters is 1. The fourth-order valence-electron chi connectivity index (χ4n) is 2.82. The number of hydrogen-bond donors (Lipinski definition) is 2. The van der Waals surface area contributed by atoms with Crippen LogP contribution < -0.4 is 10.6 Å². The van der Waals surface area contributed by atoms with E-state index in [2.05, 4.69) is 15.6 Å². The summed E-state index contributed by atoms with van der Waals surface area (Å²) in [6.07, 6.45) is 5.51. The number of aliphatic imine (C=N–C) groups is 1. The van der Waals surface area contributed by atoms with Crippen molar-refractivity contribution in [3.8, 4) is 0 Å². The molecule has 1 aliphatic carbocycles. The molecule has 2 rings (SSSR count). The number of guanidine groups is 1. The lowest BCUT2D eigenvalue weighted by atomic mass is 10.2. The highest BCUT2D eigenvalue weighted by Crippen LogP contribution is 2.21. The van der Waals surface area contributed by atoms with Gasteiger partial charge in [0.25, 0.3) is 0 Å². The molecule has 25 heavy (non-hydrogen) atoms. The Hall–Kier alpha value is -2.11. The average Bonchev–Trinajstić information content (AvgIpc) is 3.10. The molecule has 0 amide bonds. The zero-order chi connectivity index (χ0) is 17.9. The summed E-state index contributed by atoms with van der Waals surface area (Å²) in [6.45, 7) is 3.57. The van der Waals surface area contributed by atoms with Crippen molar-refractivity contribution in [2.24, 2.45) is 4.99 Å². The van der Waals surface area contributed by atoms with Gasteiger partial charge >= 0.3 is 5.97 Å². The van der Waals surface area contributed by atoms with Gasteiger partial charge in [-0.25, -0.2) is 9.38 Å². The van der Waals surface area contributed by atoms with Crippen LogP contribution in [0.25, 0.3) is 0 Å². The first-order chi connectivity index (χ1) is 12.2. The highest BCUT2D eigenvalue weighted by Gasteiger charge is 2.18. The highest BCUT2D eigenvalue weighted by molar-refractivity contribution is 5.79. The monoisotopic (exact) mass is 349 g/mol. The summed E-state index contributed by atoms with van der Waals surface area (Å²) in [5.74, 6) is 0.244. The van der Waals surface area contributed by atoms with Crippen LogP contribution in [0.5, 0.6) is 0 Å². The molecule has 1 saturated carbocycles. The fraction of sp³-hybridized carbons (Fsp3) is 0.579. The van der Waals surface area contributed by atoms with Crippen LogP contribution in [-0.2, 0) is 16.1 Å². The molecule has 0 atom stereocenters. The number of benzene rings is 1. The van der Waals surface area contributed by atoms with E-state index in [0.717, 1.165) is 25.7 Å². The molecule has 0 bridgehead atoms. The molecule has 5 nitrogen and oxygen atoms in total. The molecule has 0 unspecified atom stereocenters. The van der Waals surface area contributed by atoms with E-state index in [9.17, 15) is 9.18 Å². The van der Waals surface area contributed by atoms with E-state index < -0.39 is 0 Å². The lowest BCUT2D eigenvalue weighted by molar-refractivity contribution is -0.148. The normalized spacial score (nSPS) is 15.2. The maximum absolute atomic E-state index is 13.6. The van der Waals surface area contributed by atoms with Crippen molar-refractivity contribution in [3.63, 3.8) is 0 Å². The van der Waals surface area contributed by atoms with Gasteiger partial charge in [-0.05, 0) is 45.1 Å². The third-order valence-corrected chi connectivity index (χ3v) is 4.16. The van der Waals surface area contributed by atoms with Gasteiger partial charge < -0.3 is 15.4 Å². The molecule has 0 saturated heterocycles. The number of nitrogens with zero attached hydrogens (tertiary/aromatic N) is 1. The summed E-state index contributed by atoms with van der Waals surface area (Å²) in [7, 11) is 0. The molecule has 1 aromatic rings. The minimum absolute atomic E-state index is 0.123. The second kappa shape index (κ2) is 10.7. The van der Waals surface area contributed by atoms with E-state index in [-0.39, 0.29) is 24.4 Å². The molecule has 0 radical (unpaired) electrons. The number of carbonyl (C=O) groups is 1. The van der Waals surface area contributed by atoms with Crippen LogP contribution in [0.1, 0.15) is 51.0 Å². The van der Waals surface area contributed by atoms with Crippen LogP contribution in [0, 0.1) is 5.82 Å². The predicted octanol–water partition coefficient (Wildman–Crippen LogP) is 3.15. The number of ether oxygens (including phenoxy) is 1. The van der Waals surface area contributed by atoms with Gasteiger partial charge in [-0.3, -0.25) is 4.79 Å². The summed E-state index contributed by atoms with van der Waals surface area (Å²) >= 11 is 0. The van der Waals surface area contributed by atoms with Crippen LogP contribution in [0.3, 0.4) is 0 Å². The van der Waals surface area contributed by atoms with Crippen molar-refractivity contribution in [2.75, 3.05) is 13.1 Å². The van der Waals surface area contributed by atoms with Crippen molar-refractivity contribution in [1.29, 1.82) is 0 Å². The Morgan fingerprint density at radius 3 is 2.76 bits per heavy atom. The van der Waals surface area contributed by atoms with E-state index in [1.54, 1.807) is 18.2 Å². The third-order valence-electron chi connectivity index (χ3n) is 4.16. The average molecular weight is 349 g/mol. The highest BCUT2D eigenvalue weighted by atomic mass is 19.1. The Labute approximate surface area is 149 Å². The Bertz CT molecular complexity index is 572. The molecule has 0 heterocycles. The molecule has 138 valence electrons. The standard InChI is InChI=1S/C19H28FN3O2/c1-2-21-19(23-14-15-8-3-6-11-17(15)20)22-13-7-12-18(24)25-16-9-4-5-10-16/h3,6,8,11,16H,2,4-5,7,9-10,12-14H2,1H3,(H2,21,22,23). The van der Waals surface area contributed by atoms with E-state index >= 15 is 0 Å². The van der Waals surface area contributed by atoms with Gasteiger partial charge in [-0.1, -0.05) is 18.2 Å². The van der Waals surface area contributed by atoms with E-state index in [1.165, 1.54) is 6.07 Å². The van der Waals surface area contributed by atoms with Crippen LogP contribution >= 0.6 is 0 Å². The van der Waals surface area contributed by atoms with Gasteiger partial charge in [-0.15, -0.1) is 0 Å². The molecule has 0 aromatic heterocycles. The summed E-state index contributed by atoms with van der Waals surface area (Å²) in [4.78, 5) is 16.2. The van der Waals surface area contributed by atoms with Crippen LogP contribution in [0.4, 0.5) is 4.39 Å². The first-order valence-corrected chi connectivity index (χ1v) is 9.14. The quantitative estimate of drug-likeness (QED) is 0.328. The predicted molar refractivity (Wildman–Crippen MR) is 96.8 cm³/mol. The minimum Gasteiger partial charge on any atom is -0.462 e. The zero-order valence-corrected chi connectivity index (χ0v) is 14.9. The van der Waals surface area contributed by atoms with Gasteiger partial charge in [0.15, 0.2) is 5.96 Å². The lowest BCUT2D eigenvalue weighted by Crippen LogP contribution is -2.38. The smallest absolute Gasteiger partial charge is 0.306 e. The summed E-state index contributed by atoms with van der Waals surface area (Å²) in [5.41, 5.74) is 0.555. The number of rotatable bonds is 8. The second-order valence-electron chi connectivity index (χ2n) is 6.21. The number of nitrogens with one attached hydrogen (secondary N) is 2. The number of carbonyl (C=O) groups excluding carboxylic acids is 1. The number of halogens is 1. The third kappa shape index (κ3) is 7.11. The van der Waals surface area contributed by atoms with Crippen molar-refractivity contribution < 1.29 is 13.9 Å². The van der Waals surface area contributed by atoms with Gasteiger partial charge in [0, 0.05) is 25.1 Å². The molecule has 0 aliphatic heterocycles. The summed E-state index contributed by atoms with van der Waals surface area (Å²) < 4.78 is 19.1. The van der Waals surface area contributed by atoms with Crippen LogP contribution in [0.2, 0.25) is 0 Å². The van der Waals surface area contributed by atoms with Gasteiger partial charge in [-0.2, -0.15) is 0 Å². The molecule has 1 fully saturated rings. The summed E-state index contributed by atoms with van der Waals surface area (Å²) in [5, 5.41) is 6.29. The molecule has 6 heteroatoms. The van der Waals surface area contributed by atoms with Crippen LogP contribution in [0.15, 0.2) is 29.3 Å². The van der Waals surface area contributed by atoms with Crippen molar-refractivity contribution in [2.45, 2.75) is 58.1 Å². The molecule has 0 spiro atoms. The molecule has 1 aromatic carbocycles. The largest absolute Gasteiger partial charge is 0.462 e. The Morgan fingerprint density at radius 2 is 2.04 bits per heavy atom. The van der Waals surface area contributed by atoms with Crippen molar-refractivity contribution in [3.05, 3.63) is 35.6 Å². The van der Waals surface area contributed by atoms with Crippen molar-refractivity contribution in [1.82, 2.24) is 10.6 Å². The fourth-order valence-corrected chi connectivity index (χ4v) is 2.82. The SMILES string of the molecule is CCNC(=NCc1ccccc1F)NCCCC(=O)OC1CCCC1. The Morgan fingerprint density at radius 1 is 1.28 bits per heavy atom. The molecular formula is C19H28FN3O2. The maximum atomic E-state index is 13.6. The van der Waals surface area contributed by atoms with E-state index in [4.69, 9.17) is 4.74 Å². The Balaban J connectivity index is 1.70. The van der Waals surface area contributed by atoms with E-state index in [0.29, 0.717) is 37.5 Å². The van der Waals surface area contributed by atoms with E-state index in [1.807, 2.05) is 6.92 Å². The van der Waals surface area contributed by atoms with Crippen LogP contribution in [-0.4, -0.2) is 31.1 Å². The molecule has 2 N–H and O–H groups in total. The van der Waals surface area contributed by atoms with Gasteiger partial charge in [0.2, 0.25) is 0 Å². The van der Waals surface area contributed by atoms with Gasteiger partial charge in [0.1, 0.15) is 11.9 Å². The minimum atomic E-state index is -0.253. The number of hydrogen-bond acceptors (Lipinski definition) is 3. The summed E-state index contributed by atoms with van der Waals surface area (Å²) in [6, 6.07) is 6.61.